The molecular formula is C47H84NO8P. The smallest absolute Gasteiger partial charge is 0.462 e. The number of carbonyl (C=O) groups is 2. The summed E-state index contributed by atoms with van der Waals surface area (Å²) < 4.78 is 33.5. The van der Waals surface area contributed by atoms with Crippen LogP contribution >= 0.6 is 7.82 Å². The maximum Gasteiger partial charge on any atom is 0.472 e. The van der Waals surface area contributed by atoms with Gasteiger partial charge in [-0.3, -0.25) is 18.6 Å². The highest BCUT2D eigenvalue weighted by molar-refractivity contribution is 7.47. The lowest BCUT2D eigenvalue weighted by Crippen LogP contribution is -2.29. The minimum absolute atomic E-state index is 0.00275. The summed E-state index contributed by atoms with van der Waals surface area (Å²) in [6.07, 6.45) is 48.3. The van der Waals surface area contributed by atoms with E-state index in [1.54, 1.807) is 0 Å². The van der Waals surface area contributed by atoms with E-state index in [1.165, 1.54) is 70.6 Å². The number of carbonyl (C=O) groups excluding carboxylic acids is 2. The zero-order valence-corrected chi connectivity index (χ0v) is 37.7. The van der Waals surface area contributed by atoms with E-state index >= 15 is 0 Å². The average molecular weight is 822 g/mol. The monoisotopic (exact) mass is 822 g/mol. The molecular weight excluding hydrogens is 737 g/mol. The predicted octanol–water partition coefficient (Wildman–Crippen LogP) is 13.1. The van der Waals surface area contributed by atoms with Crippen LogP contribution in [0.3, 0.4) is 0 Å². The van der Waals surface area contributed by atoms with E-state index in [0.717, 1.165) is 77.0 Å². The van der Waals surface area contributed by atoms with Crippen LogP contribution < -0.4 is 0 Å². The number of nitrogens with zero attached hydrogens (tertiary/aromatic N) is 1. The topological polar surface area (TPSA) is 112 Å². The van der Waals surface area contributed by atoms with Gasteiger partial charge in [0.2, 0.25) is 0 Å². The minimum atomic E-state index is -4.38. The molecule has 0 aromatic carbocycles. The predicted molar refractivity (Wildman–Crippen MR) is 238 cm³/mol. The Morgan fingerprint density at radius 3 is 1.47 bits per heavy atom. The van der Waals surface area contributed by atoms with Gasteiger partial charge in [0.1, 0.15) is 6.61 Å². The van der Waals surface area contributed by atoms with E-state index in [-0.39, 0.29) is 32.0 Å². The molecule has 0 aliphatic heterocycles. The molecule has 0 heterocycles. The summed E-state index contributed by atoms with van der Waals surface area (Å²) in [5, 5.41) is 0. The first-order valence-corrected chi connectivity index (χ1v) is 24.1. The number of esters is 2. The molecule has 0 aromatic rings. The second-order valence-corrected chi connectivity index (χ2v) is 16.7. The fourth-order valence-electron chi connectivity index (χ4n) is 5.78. The number of hydrogen-bond donors (Lipinski definition) is 1. The zero-order chi connectivity index (χ0) is 41.9. The van der Waals surface area contributed by atoms with Crippen LogP contribution in [0.15, 0.2) is 60.8 Å². The Labute approximate surface area is 349 Å². The van der Waals surface area contributed by atoms with Crippen molar-refractivity contribution in [1.82, 2.24) is 4.90 Å². The molecule has 0 spiro atoms. The lowest BCUT2D eigenvalue weighted by atomic mass is 10.1. The molecule has 0 rings (SSSR count). The molecule has 0 aliphatic carbocycles. The van der Waals surface area contributed by atoms with Gasteiger partial charge in [-0.05, 0) is 97.6 Å². The first-order chi connectivity index (χ1) is 27.7. The molecule has 0 amide bonds. The first kappa shape index (κ1) is 54.7. The van der Waals surface area contributed by atoms with E-state index in [0.29, 0.717) is 13.0 Å². The van der Waals surface area contributed by atoms with Crippen LogP contribution in [0.5, 0.6) is 0 Å². The van der Waals surface area contributed by atoms with Gasteiger partial charge in [-0.1, -0.05) is 145 Å². The molecule has 0 bridgehead atoms. The van der Waals surface area contributed by atoms with Crippen molar-refractivity contribution >= 4 is 19.8 Å². The molecule has 57 heavy (non-hydrogen) atoms. The van der Waals surface area contributed by atoms with Gasteiger partial charge in [-0.2, -0.15) is 0 Å². The molecule has 0 saturated heterocycles. The van der Waals surface area contributed by atoms with Crippen molar-refractivity contribution in [3.63, 3.8) is 0 Å². The summed E-state index contributed by atoms with van der Waals surface area (Å²) in [7, 11) is -0.738. The van der Waals surface area contributed by atoms with Crippen molar-refractivity contribution in [1.29, 1.82) is 0 Å². The molecule has 2 atom stereocenters. The summed E-state index contributed by atoms with van der Waals surface area (Å²) in [5.41, 5.74) is 0. The zero-order valence-electron chi connectivity index (χ0n) is 36.8. The van der Waals surface area contributed by atoms with Gasteiger partial charge < -0.3 is 19.3 Å². The number of allylic oxidation sites excluding steroid dienone is 10. The van der Waals surface area contributed by atoms with Crippen LogP contribution in [0, 0.1) is 0 Å². The SMILES string of the molecule is CCCCC/C=C\C/C=C\C/C=C\C/C=C\CCCCCC(=O)OC(COC(=O)CCCCCCC/C=C\CCCCCCCC)COP(=O)(O)OCCN(C)C. The number of rotatable bonds is 41. The van der Waals surface area contributed by atoms with Gasteiger partial charge in [0.15, 0.2) is 6.10 Å². The Morgan fingerprint density at radius 1 is 0.544 bits per heavy atom. The highest BCUT2D eigenvalue weighted by Gasteiger charge is 2.26. The standard InChI is InChI=1S/C47H84NO8P/c1-5-7-9-11-13-15-17-19-21-22-23-24-26-28-30-32-34-36-38-40-47(50)56-45(44-55-57(51,52)54-42-41-48(3)4)43-53-46(49)39-37-35-33-31-29-27-25-20-18-16-14-12-10-8-6-2/h13,15,19-21,23-25,28,30,45H,5-12,14,16-18,22,26-27,29,31-44H2,1-4H3,(H,51,52)/b15-13-,21-19-,24-23-,25-20-,30-28-. The summed E-state index contributed by atoms with van der Waals surface area (Å²) in [5.74, 6) is -0.851. The fourth-order valence-corrected chi connectivity index (χ4v) is 6.52. The number of unbranched alkanes of at least 4 members (excludes halogenated alkanes) is 17. The van der Waals surface area contributed by atoms with E-state index in [1.807, 2.05) is 19.0 Å². The molecule has 0 aromatic heterocycles. The molecule has 0 saturated carbocycles. The van der Waals surface area contributed by atoms with E-state index < -0.39 is 26.5 Å². The number of hydrogen-bond acceptors (Lipinski definition) is 8. The number of phosphoric ester groups is 1. The number of phosphoric acid groups is 1. The molecule has 0 aliphatic rings. The van der Waals surface area contributed by atoms with Crippen molar-refractivity contribution < 1.29 is 37.6 Å². The third-order valence-electron chi connectivity index (χ3n) is 9.30. The van der Waals surface area contributed by atoms with Gasteiger partial charge in [-0.15, -0.1) is 0 Å². The largest absolute Gasteiger partial charge is 0.472 e. The first-order valence-electron chi connectivity index (χ1n) is 22.6. The maximum absolute atomic E-state index is 12.7. The van der Waals surface area contributed by atoms with Crippen LogP contribution in [-0.4, -0.2) is 68.3 Å². The minimum Gasteiger partial charge on any atom is -0.462 e. The highest BCUT2D eigenvalue weighted by atomic mass is 31.2. The van der Waals surface area contributed by atoms with Crippen LogP contribution in [-0.2, 0) is 32.7 Å². The lowest BCUT2D eigenvalue weighted by Gasteiger charge is -2.20. The maximum atomic E-state index is 12.7. The van der Waals surface area contributed by atoms with E-state index in [9.17, 15) is 19.0 Å². The van der Waals surface area contributed by atoms with Crippen molar-refractivity contribution in [3.05, 3.63) is 60.8 Å². The van der Waals surface area contributed by atoms with Crippen LogP contribution in [0.25, 0.3) is 0 Å². The Kier molecular flexibility index (Phi) is 40.2. The van der Waals surface area contributed by atoms with Gasteiger partial charge in [-0.25, -0.2) is 4.57 Å². The van der Waals surface area contributed by atoms with Gasteiger partial charge in [0.05, 0.1) is 13.2 Å². The summed E-state index contributed by atoms with van der Waals surface area (Å²) in [6, 6.07) is 0. The Bertz CT molecular complexity index is 1130. The highest BCUT2D eigenvalue weighted by Crippen LogP contribution is 2.43. The quantitative estimate of drug-likeness (QED) is 0.0279. The van der Waals surface area contributed by atoms with Gasteiger partial charge in [0, 0.05) is 19.4 Å². The normalized spacial score (nSPS) is 13.9. The summed E-state index contributed by atoms with van der Waals surface area (Å²) in [6.45, 7) is 4.24. The molecule has 2 unspecified atom stereocenters. The van der Waals surface area contributed by atoms with Crippen molar-refractivity contribution in [2.24, 2.45) is 0 Å². The Hall–Kier alpha value is -2.29. The third kappa shape index (κ3) is 43.1. The molecule has 9 nitrogen and oxygen atoms in total. The lowest BCUT2D eigenvalue weighted by molar-refractivity contribution is -0.161. The Balaban J connectivity index is 4.37. The number of likely N-dealkylation sites (N-methyl/N-ethyl adjacent to an activating group) is 1. The molecule has 1 N–H and O–H groups in total. The Morgan fingerprint density at radius 2 is 0.947 bits per heavy atom. The van der Waals surface area contributed by atoms with Crippen LogP contribution in [0.2, 0.25) is 0 Å². The van der Waals surface area contributed by atoms with Gasteiger partial charge >= 0.3 is 19.8 Å². The van der Waals surface area contributed by atoms with Crippen molar-refractivity contribution in [2.75, 3.05) is 40.5 Å². The molecule has 0 fully saturated rings. The van der Waals surface area contributed by atoms with Crippen LogP contribution in [0.4, 0.5) is 0 Å². The molecule has 10 heteroatoms. The summed E-state index contributed by atoms with van der Waals surface area (Å²) in [4.78, 5) is 37.0. The van der Waals surface area contributed by atoms with Gasteiger partial charge in [0.25, 0.3) is 0 Å². The van der Waals surface area contributed by atoms with E-state index in [4.69, 9.17) is 18.5 Å². The third-order valence-corrected chi connectivity index (χ3v) is 10.3. The van der Waals surface area contributed by atoms with Crippen molar-refractivity contribution in [2.45, 2.75) is 187 Å². The fraction of sp³-hybridized carbons (Fsp3) is 0.745. The summed E-state index contributed by atoms with van der Waals surface area (Å²) >= 11 is 0. The molecule has 0 radical (unpaired) electrons. The second-order valence-electron chi connectivity index (χ2n) is 15.2. The average Bonchev–Trinajstić information content (AvgIpc) is 3.18. The number of ether oxygens (including phenoxy) is 2. The van der Waals surface area contributed by atoms with E-state index in [2.05, 4.69) is 74.6 Å². The molecule has 330 valence electrons. The second kappa shape index (κ2) is 41.9. The van der Waals surface area contributed by atoms with Crippen LogP contribution in [0.1, 0.15) is 181 Å². The van der Waals surface area contributed by atoms with Crippen molar-refractivity contribution in [3.8, 4) is 0 Å².